The Bertz CT molecular complexity index is 963. The average molecular weight is 445 g/mol. The molecule has 2 aromatic rings. The van der Waals surface area contributed by atoms with Crippen molar-refractivity contribution >= 4 is 23.4 Å². The third kappa shape index (κ3) is 5.26. The number of aromatic carboxylic acids is 1. The zero-order valence-corrected chi connectivity index (χ0v) is 14.6. The Balaban J connectivity index is 2.58. The second-order valence-corrected chi connectivity index (χ2v) is 6.18. The maximum absolute atomic E-state index is 14.4. The van der Waals surface area contributed by atoms with E-state index in [9.17, 15) is 39.9 Å². The highest BCUT2D eigenvalue weighted by molar-refractivity contribution is 6.30. The Labute approximate surface area is 163 Å². The molecule has 0 aliphatic carbocycles. The van der Waals surface area contributed by atoms with Crippen LogP contribution >= 0.6 is 11.6 Å². The molecule has 156 valence electrons. The normalized spacial score (nSPS) is 14.0. The van der Waals surface area contributed by atoms with E-state index in [1.54, 1.807) is 0 Å². The first kappa shape index (κ1) is 22.7. The predicted octanol–water partition coefficient (Wildman–Crippen LogP) is 6.85. The number of benzene rings is 2. The predicted molar refractivity (Wildman–Crippen MR) is 87.7 cm³/mol. The number of halogens is 9. The van der Waals surface area contributed by atoms with E-state index in [0.717, 1.165) is 12.1 Å². The Morgan fingerprint density at radius 2 is 1.66 bits per heavy atom. The highest BCUT2D eigenvalue weighted by Gasteiger charge is 2.40. The molecule has 0 aromatic heterocycles. The fourth-order valence-corrected chi connectivity index (χ4v) is 2.56. The van der Waals surface area contributed by atoms with Crippen LogP contribution in [0.4, 0.5) is 35.1 Å². The third-order valence-electron chi connectivity index (χ3n) is 3.80. The van der Waals surface area contributed by atoms with Crippen LogP contribution in [0, 0.1) is 5.82 Å². The van der Waals surface area contributed by atoms with Crippen LogP contribution in [-0.4, -0.2) is 17.3 Å². The van der Waals surface area contributed by atoms with E-state index in [-0.39, 0.29) is 12.1 Å². The first-order valence-corrected chi connectivity index (χ1v) is 7.93. The second kappa shape index (κ2) is 8.02. The van der Waals surface area contributed by atoms with Crippen molar-refractivity contribution in [3.63, 3.8) is 0 Å². The van der Waals surface area contributed by atoms with Gasteiger partial charge in [-0.3, -0.25) is 0 Å². The zero-order valence-electron chi connectivity index (χ0n) is 13.9. The summed E-state index contributed by atoms with van der Waals surface area (Å²) in [6.45, 7) is 0. The van der Waals surface area contributed by atoms with E-state index >= 15 is 0 Å². The number of carboxylic acid groups (broad SMARTS) is 1. The summed E-state index contributed by atoms with van der Waals surface area (Å²) in [6, 6.07) is 3.16. The number of carbonyl (C=O) groups is 1. The lowest BCUT2D eigenvalue weighted by molar-refractivity contribution is -0.140. The molecule has 0 heterocycles. The number of hydrogen-bond donors (Lipinski definition) is 1. The van der Waals surface area contributed by atoms with Gasteiger partial charge in [-0.2, -0.15) is 26.3 Å². The molecule has 2 nitrogen and oxygen atoms in total. The largest absolute Gasteiger partial charge is 0.478 e. The molecule has 0 saturated carbocycles. The van der Waals surface area contributed by atoms with E-state index in [0.29, 0.717) is 18.2 Å². The van der Waals surface area contributed by atoms with Gasteiger partial charge < -0.3 is 5.11 Å². The fraction of sp³-hybridized carbons (Fsp3) is 0.167. The molecule has 11 heteroatoms. The van der Waals surface area contributed by atoms with E-state index < -0.39 is 63.2 Å². The van der Waals surface area contributed by atoms with Crippen LogP contribution in [0.3, 0.4) is 0 Å². The van der Waals surface area contributed by atoms with Gasteiger partial charge in [0.05, 0.1) is 16.1 Å². The summed E-state index contributed by atoms with van der Waals surface area (Å²) < 4.78 is 107. The monoisotopic (exact) mass is 444 g/mol. The van der Waals surface area contributed by atoms with Gasteiger partial charge in [0.15, 0.2) is 0 Å². The molecule has 1 unspecified atom stereocenters. The van der Waals surface area contributed by atoms with Crippen molar-refractivity contribution in [2.75, 3.05) is 0 Å². The third-order valence-corrected chi connectivity index (χ3v) is 4.11. The SMILES string of the molecule is O=C(O)c1ccc(/C(F)=C/C(c2ccc(Cl)c(F)c2)C(F)(F)F)cc1C(F)(F)F. The first-order valence-electron chi connectivity index (χ1n) is 7.55. The summed E-state index contributed by atoms with van der Waals surface area (Å²) in [7, 11) is 0. The standard InChI is InChI=1S/C18H9ClF8O2/c19-13-4-2-8(6-15(13)21)11(17(22,23)24)7-14(20)9-1-3-10(16(28)29)12(5-9)18(25,26)27/h1-7,11H,(H,28,29)/b14-7-. The molecule has 2 aromatic carbocycles. The van der Waals surface area contributed by atoms with Crippen molar-refractivity contribution in [1.29, 1.82) is 0 Å². The quantitative estimate of drug-likeness (QED) is 0.523. The van der Waals surface area contributed by atoms with E-state index in [1.807, 2.05) is 0 Å². The fourth-order valence-electron chi connectivity index (χ4n) is 2.44. The molecule has 0 radical (unpaired) electrons. The van der Waals surface area contributed by atoms with Gasteiger partial charge in [-0.25, -0.2) is 13.6 Å². The lowest BCUT2D eigenvalue weighted by Crippen LogP contribution is -2.19. The van der Waals surface area contributed by atoms with Crippen molar-refractivity contribution in [3.8, 4) is 0 Å². The van der Waals surface area contributed by atoms with Crippen LogP contribution in [0.2, 0.25) is 5.02 Å². The molecule has 2 rings (SSSR count). The molecule has 1 atom stereocenters. The summed E-state index contributed by atoms with van der Waals surface area (Å²) in [5, 5.41) is 8.33. The van der Waals surface area contributed by atoms with Gasteiger partial charge in [0.2, 0.25) is 0 Å². The van der Waals surface area contributed by atoms with Gasteiger partial charge in [0.1, 0.15) is 17.6 Å². The molecule has 29 heavy (non-hydrogen) atoms. The molecule has 0 amide bonds. The second-order valence-electron chi connectivity index (χ2n) is 5.77. The number of alkyl halides is 6. The summed E-state index contributed by atoms with van der Waals surface area (Å²) >= 11 is 5.40. The van der Waals surface area contributed by atoms with Crippen LogP contribution < -0.4 is 0 Å². The number of carboxylic acids is 1. The van der Waals surface area contributed by atoms with Gasteiger partial charge in [-0.05, 0) is 35.9 Å². The van der Waals surface area contributed by atoms with Crippen LogP contribution in [0.5, 0.6) is 0 Å². The summed E-state index contributed by atoms with van der Waals surface area (Å²) in [4.78, 5) is 10.9. The van der Waals surface area contributed by atoms with Crippen LogP contribution in [0.25, 0.3) is 5.83 Å². The number of allylic oxidation sites excluding steroid dienone is 1. The van der Waals surface area contributed by atoms with Gasteiger partial charge in [-0.15, -0.1) is 0 Å². The smallest absolute Gasteiger partial charge is 0.417 e. The molecular formula is C18H9ClF8O2. The lowest BCUT2D eigenvalue weighted by Gasteiger charge is -2.18. The first-order chi connectivity index (χ1) is 13.2. The number of rotatable bonds is 4. The van der Waals surface area contributed by atoms with E-state index in [4.69, 9.17) is 16.7 Å². The van der Waals surface area contributed by atoms with Crippen molar-refractivity contribution in [1.82, 2.24) is 0 Å². The summed E-state index contributed by atoms with van der Waals surface area (Å²) in [5.41, 5.74) is -4.58. The summed E-state index contributed by atoms with van der Waals surface area (Å²) in [5.74, 6) is -7.54. The molecule has 0 aliphatic rings. The minimum absolute atomic E-state index is 0.0292. The topological polar surface area (TPSA) is 37.3 Å². The van der Waals surface area contributed by atoms with Crippen molar-refractivity contribution in [2.24, 2.45) is 0 Å². The molecule has 0 bridgehead atoms. The number of hydrogen-bond acceptors (Lipinski definition) is 1. The maximum atomic E-state index is 14.4. The minimum atomic E-state index is -5.19. The Morgan fingerprint density at radius 1 is 1.03 bits per heavy atom. The van der Waals surface area contributed by atoms with Crippen molar-refractivity contribution in [2.45, 2.75) is 18.3 Å². The van der Waals surface area contributed by atoms with Crippen LogP contribution in [0.1, 0.15) is 33.0 Å². The Kier molecular flexibility index (Phi) is 6.27. The van der Waals surface area contributed by atoms with E-state index in [2.05, 4.69) is 0 Å². The summed E-state index contributed by atoms with van der Waals surface area (Å²) in [6.07, 6.45) is -10.3. The molecular weight excluding hydrogens is 436 g/mol. The van der Waals surface area contributed by atoms with Crippen LogP contribution in [-0.2, 0) is 6.18 Å². The molecule has 1 N–H and O–H groups in total. The Morgan fingerprint density at radius 3 is 2.14 bits per heavy atom. The molecule has 0 saturated heterocycles. The lowest BCUT2D eigenvalue weighted by atomic mass is 9.95. The van der Waals surface area contributed by atoms with Crippen LogP contribution in [0.15, 0.2) is 42.5 Å². The average Bonchev–Trinajstić information content (AvgIpc) is 2.59. The molecule has 0 aliphatic heterocycles. The highest BCUT2D eigenvalue weighted by Crippen LogP contribution is 2.40. The van der Waals surface area contributed by atoms with Crippen molar-refractivity contribution < 1.29 is 45.0 Å². The van der Waals surface area contributed by atoms with Gasteiger partial charge in [-0.1, -0.05) is 23.7 Å². The zero-order chi connectivity index (χ0) is 22.1. The molecule has 0 fully saturated rings. The van der Waals surface area contributed by atoms with Gasteiger partial charge in [0.25, 0.3) is 0 Å². The molecule has 0 spiro atoms. The Hall–Kier alpha value is -2.62. The van der Waals surface area contributed by atoms with E-state index in [1.165, 1.54) is 0 Å². The maximum Gasteiger partial charge on any atom is 0.417 e. The van der Waals surface area contributed by atoms with Crippen molar-refractivity contribution in [3.05, 3.63) is 75.6 Å². The minimum Gasteiger partial charge on any atom is -0.478 e. The highest BCUT2D eigenvalue weighted by atomic mass is 35.5. The van der Waals surface area contributed by atoms with Gasteiger partial charge >= 0.3 is 18.3 Å². The van der Waals surface area contributed by atoms with Gasteiger partial charge in [0, 0.05) is 5.56 Å².